The Balaban J connectivity index is 1.25. The van der Waals surface area contributed by atoms with E-state index in [4.69, 9.17) is 14.2 Å². The predicted molar refractivity (Wildman–Crippen MR) is 302 cm³/mol. The maximum atomic E-state index is 6.95. The molecule has 0 fully saturated rings. The highest BCUT2D eigenvalue weighted by atomic mass is 32.1. The molecule has 1 unspecified atom stereocenters. The van der Waals surface area contributed by atoms with Crippen LogP contribution in [0.15, 0.2) is 91.0 Å². The summed E-state index contributed by atoms with van der Waals surface area (Å²) >= 11 is 1.97. The molecule has 1 aromatic heterocycles. The van der Waals surface area contributed by atoms with Crippen molar-refractivity contribution in [1.29, 1.82) is 0 Å². The zero-order chi connectivity index (χ0) is 47.3. The Morgan fingerprint density at radius 2 is 0.824 bits per heavy atom. The third-order valence-corrected chi connectivity index (χ3v) is 20.3. The van der Waals surface area contributed by atoms with Gasteiger partial charge in [-0.2, -0.15) is 0 Å². The molecule has 372 valence electrons. The molecule has 0 saturated heterocycles. The zero-order valence-electron chi connectivity index (χ0n) is 43.3. The fourth-order valence-electron chi connectivity index (χ4n) is 10.6. The van der Waals surface area contributed by atoms with Crippen LogP contribution >= 0.6 is 18.6 Å². The number of thiophene rings is 1. The first kappa shape index (κ1) is 54.0. The first-order valence-electron chi connectivity index (χ1n) is 28.3. The first-order valence-corrected chi connectivity index (χ1v) is 31.1. The molecule has 0 N–H and O–H groups in total. The van der Waals surface area contributed by atoms with Gasteiger partial charge >= 0.3 is 0 Å². The van der Waals surface area contributed by atoms with Crippen molar-refractivity contribution in [3.8, 4) is 27.7 Å². The minimum atomic E-state index is -2.16. The molecule has 1 aliphatic rings. The van der Waals surface area contributed by atoms with Crippen molar-refractivity contribution in [3.63, 3.8) is 0 Å². The van der Waals surface area contributed by atoms with E-state index >= 15 is 0 Å². The lowest BCUT2D eigenvalue weighted by molar-refractivity contribution is 0.234. The Bertz CT molecular complexity index is 2060. The smallest absolute Gasteiger partial charge is 0.203 e. The van der Waals surface area contributed by atoms with Crippen LogP contribution in [-0.4, -0.2) is 19.8 Å². The molecule has 4 aromatic carbocycles. The van der Waals surface area contributed by atoms with Crippen LogP contribution in [0.1, 0.15) is 219 Å². The van der Waals surface area contributed by atoms with Gasteiger partial charge in [0.1, 0.15) is 23.2 Å². The van der Waals surface area contributed by atoms with E-state index in [2.05, 4.69) is 112 Å². The summed E-state index contributed by atoms with van der Waals surface area (Å²) in [6.07, 6.45) is 40.2. The van der Waals surface area contributed by atoms with Gasteiger partial charge in [0, 0.05) is 15.6 Å². The van der Waals surface area contributed by atoms with Crippen molar-refractivity contribution < 1.29 is 14.2 Å². The number of unbranched alkanes of at least 4 members (excludes halogenated alkanes) is 27. The first-order chi connectivity index (χ1) is 33.7. The van der Waals surface area contributed by atoms with Crippen molar-refractivity contribution in [2.75, 3.05) is 19.8 Å². The standard InChI is InChI=1S/C63H92O3PS/c1-4-7-10-13-16-19-22-25-28-38-47-64-57-50-53(52-67(54-41-32-31-33-42-54)59-45-36-34-43-55(59)63-62(67)56-44-35-37-46-60(56)68-63)51-58(65-48-39-29-26-23-20-17-14-11-8-5-2)61(57)66-49-40-30-27-24-21-18-15-12-9-6-3/h31-37,41-46,50-51H,4-30,38-40,47-49,52H2,1-3H3/q+1. The number of rotatable bonds is 39. The number of hydrogen-bond acceptors (Lipinski definition) is 4. The molecule has 5 heteroatoms. The normalized spacial score (nSPS) is 14.1. The number of fused-ring (bicyclic) bond motifs is 5. The van der Waals surface area contributed by atoms with Crippen molar-refractivity contribution in [2.24, 2.45) is 0 Å². The molecule has 68 heavy (non-hydrogen) atoms. The van der Waals surface area contributed by atoms with E-state index < -0.39 is 7.26 Å². The van der Waals surface area contributed by atoms with Crippen LogP contribution in [0.3, 0.4) is 0 Å². The minimum Gasteiger partial charge on any atom is -0.490 e. The summed E-state index contributed by atoms with van der Waals surface area (Å²) in [4.78, 5) is 1.45. The van der Waals surface area contributed by atoms with E-state index in [1.54, 1.807) is 5.30 Å². The summed E-state index contributed by atoms with van der Waals surface area (Å²) in [7, 11) is -2.16. The van der Waals surface area contributed by atoms with Crippen molar-refractivity contribution in [1.82, 2.24) is 0 Å². The molecule has 0 bridgehead atoms. The van der Waals surface area contributed by atoms with Crippen LogP contribution in [0.2, 0.25) is 0 Å². The predicted octanol–water partition coefficient (Wildman–Crippen LogP) is 19.3. The zero-order valence-corrected chi connectivity index (χ0v) is 45.0. The topological polar surface area (TPSA) is 27.7 Å². The van der Waals surface area contributed by atoms with Crippen LogP contribution in [0.4, 0.5) is 0 Å². The lowest BCUT2D eigenvalue weighted by Crippen LogP contribution is -2.29. The molecule has 3 nitrogen and oxygen atoms in total. The Kier molecular flexibility index (Phi) is 25.3. The lowest BCUT2D eigenvalue weighted by Gasteiger charge is -2.26. The molecular formula is C63H92O3PS+. The van der Waals surface area contributed by atoms with Gasteiger partial charge in [-0.3, -0.25) is 0 Å². The molecule has 0 amide bonds. The Hall–Kier alpha value is -3.33. The number of hydrogen-bond donors (Lipinski definition) is 0. The second-order valence-electron chi connectivity index (χ2n) is 20.1. The Morgan fingerprint density at radius 3 is 1.32 bits per heavy atom. The van der Waals surface area contributed by atoms with Crippen molar-refractivity contribution >= 4 is 44.6 Å². The fraction of sp³-hybridized carbons (Fsp3) is 0.587. The van der Waals surface area contributed by atoms with Crippen LogP contribution < -0.4 is 30.1 Å². The summed E-state index contributed by atoms with van der Waals surface area (Å²) in [5, 5.41) is 5.90. The van der Waals surface area contributed by atoms with Gasteiger partial charge < -0.3 is 14.2 Å². The van der Waals surface area contributed by atoms with Gasteiger partial charge in [0.2, 0.25) is 5.75 Å². The third-order valence-electron chi connectivity index (χ3n) is 14.5. The Labute approximate surface area is 420 Å². The summed E-state index contributed by atoms with van der Waals surface area (Å²) in [5.74, 6) is 2.57. The van der Waals surface area contributed by atoms with Gasteiger partial charge in [-0.15, -0.1) is 11.3 Å². The highest BCUT2D eigenvalue weighted by Crippen LogP contribution is 2.67. The molecule has 0 saturated carbocycles. The van der Waals surface area contributed by atoms with Gasteiger partial charge in [0.15, 0.2) is 11.5 Å². The van der Waals surface area contributed by atoms with E-state index in [9.17, 15) is 0 Å². The van der Waals surface area contributed by atoms with Gasteiger partial charge in [0.25, 0.3) is 0 Å². The minimum absolute atomic E-state index is 0.692. The van der Waals surface area contributed by atoms with Gasteiger partial charge in [-0.05, 0) is 73.4 Å². The van der Waals surface area contributed by atoms with Crippen LogP contribution in [0.5, 0.6) is 17.2 Å². The fourth-order valence-corrected chi connectivity index (χ4v) is 17.2. The monoisotopic (exact) mass is 960 g/mol. The van der Waals surface area contributed by atoms with Crippen molar-refractivity contribution in [3.05, 3.63) is 96.6 Å². The molecular weight excluding hydrogens is 868 g/mol. The average molecular weight is 960 g/mol. The van der Waals surface area contributed by atoms with Crippen LogP contribution in [-0.2, 0) is 6.16 Å². The summed E-state index contributed by atoms with van der Waals surface area (Å²) in [6, 6.07) is 34.6. The van der Waals surface area contributed by atoms with E-state index in [-0.39, 0.29) is 0 Å². The molecule has 1 aliphatic heterocycles. The second kappa shape index (κ2) is 31.8. The molecule has 2 heterocycles. The second-order valence-corrected chi connectivity index (χ2v) is 24.5. The third kappa shape index (κ3) is 16.4. The van der Waals surface area contributed by atoms with E-state index in [1.165, 1.54) is 210 Å². The van der Waals surface area contributed by atoms with Crippen LogP contribution in [0.25, 0.3) is 20.5 Å². The number of benzene rings is 4. The SMILES string of the molecule is CCCCCCCCCCCCOc1cc(C[P+]2(c3ccccc3)c3ccccc3-c3sc4ccccc4c32)cc(OCCCCCCCCCCCC)c1OCCCCCCCCCCCC. The van der Waals surface area contributed by atoms with Gasteiger partial charge in [-0.25, -0.2) is 0 Å². The molecule has 5 aromatic rings. The highest BCUT2D eigenvalue weighted by molar-refractivity contribution is 7.96. The highest BCUT2D eigenvalue weighted by Gasteiger charge is 2.55. The van der Waals surface area contributed by atoms with Crippen LogP contribution in [0, 0.1) is 0 Å². The maximum absolute atomic E-state index is 6.95. The van der Waals surface area contributed by atoms with Gasteiger partial charge in [0.05, 0.1) is 30.9 Å². The summed E-state index contributed by atoms with van der Waals surface area (Å²) in [5.41, 5.74) is 2.69. The van der Waals surface area contributed by atoms with E-state index in [0.29, 0.717) is 19.8 Å². The molecule has 6 rings (SSSR count). The van der Waals surface area contributed by atoms with E-state index in [0.717, 1.165) is 42.7 Å². The molecule has 0 spiro atoms. The molecule has 0 radical (unpaired) electrons. The Morgan fingerprint density at radius 1 is 0.412 bits per heavy atom. The lowest BCUT2D eigenvalue weighted by atomic mass is 10.1. The van der Waals surface area contributed by atoms with E-state index in [1.807, 2.05) is 11.3 Å². The maximum Gasteiger partial charge on any atom is 0.203 e. The summed E-state index contributed by atoms with van der Waals surface area (Å²) in [6.45, 7) is 9.01. The van der Waals surface area contributed by atoms with Crippen molar-refractivity contribution in [2.45, 2.75) is 220 Å². The number of ether oxygens (including phenoxy) is 3. The molecule has 0 aliphatic carbocycles. The molecule has 1 atom stereocenters. The summed E-state index contributed by atoms with van der Waals surface area (Å²) < 4.78 is 22.2. The quantitative estimate of drug-likeness (QED) is 0.0290. The largest absolute Gasteiger partial charge is 0.490 e. The average Bonchev–Trinajstić information content (AvgIpc) is 3.88. The van der Waals surface area contributed by atoms with Gasteiger partial charge in [-0.1, -0.05) is 237 Å².